The first-order valence-electron chi connectivity index (χ1n) is 8.43. The van der Waals surface area contributed by atoms with Crippen LogP contribution < -0.4 is 10.9 Å². The number of carbonyl (C=O) groups excluding carboxylic acids is 2. The Morgan fingerprint density at radius 3 is 2.73 bits per heavy atom. The van der Waals surface area contributed by atoms with Crippen molar-refractivity contribution in [2.75, 3.05) is 5.75 Å². The zero-order chi connectivity index (χ0) is 19.1. The van der Waals surface area contributed by atoms with Gasteiger partial charge in [0.05, 0.1) is 11.4 Å². The Labute approximate surface area is 162 Å². The minimum absolute atomic E-state index is 0.165. The highest BCUT2D eigenvalue weighted by Gasteiger charge is 2.14. The maximum atomic E-state index is 12.0. The van der Waals surface area contributed by atoms with Gasteiger partial charge in [-0.1, -0.05) is 42.8 Å². The number of hydrogen-bond donors (Lipinski definition) is 2. The number of amides is 2. The van der Waals surface area contributed by atoms with Gasteiger partial charge in [-0.2, -0.15) is 0 Å². The van der Waals surface area contributed by atoms with Crippen molar-refractivity contribution in [3.05, 3.63) is 46.2 Å². The first-order valence-corrected chi connectivity index (χ1v) is 9.80. The molecule has 6 nitrogen and oxygen atoms in total. The number of nitrogens with one attached hydrogen (secondary N) is 2. The molecule has 0 saturated heterocycles. The van der Waals surface area contributed by atoms with Gasteiger partial charge in [0, 0.05) is 22.8 Å². The van der Waals surface area contributed by atoms with Gasteiger partial charge in [0.2, 0.25) is 5.91 Å². The highest BCUT2D eigenvalue weighted by molar-refractivity contribution is 7.99. The Kier molecular flexibility index (Phi) is 7.53. The van der Waals surface area contributed by atoms with E-state index in [2.05, 4.69) is 27.3 Å². The van der Waals surface area contributed by atoms with Gasteiger partial charge in [0.15, 0.2) is 5.16 Å². The number of imidazole rings is 1. The van der Waals surface area contributed by atoms with E-state index >= 15 is 0 Å². The Balaban J connectivity index is 1.87. The minimum atomic E-state index is -0.415. The fraction of sp³-hybridized carbons (Fsp3) is 0.389. The van der Waals surface area contributed by atoms with Crippen molar-refractivity contribution in [1.29, 1.82) is 0 Å². The Bertz CT molecular complexity index is 791. The van der Waals surface area contributed by atoms with Crippen LogP contribution in [0.5, 0.6) is 0 Å². The lowest BCUT2D eigenvalue weighted by molar-refractivity contribution is -0.119. The van der Waals surface area contributed by atoms with Crippen molar-refractivity contribution < 1.29 is 9.59 Å². The normalized spacial score (nSPS) is 10.6. The number of halogens is 1. The number of rotatable bonds is 7. The maximum absolute atomic E-state index is 12.0. The van der Waals surface area contributed by atoms with Gasteiger partial charge in [0.25, 0.3) is 5.91 Å². The third-order valence-corrected chi connectivity index (χ3v) is 5.10. The molecule has 0 unspecified atom stereocenters. The average Bonchev–Trinajstić information content (AvgIpc) is 2.89. The molecule has 2 amide bonds. The summed E-state index contributed by atoms with van der Waals surface area (Å²) in [6.07, 6.45) is 2.16. The third-order valence-electron chi connectivity index (χ3n) is 3.89. The van der Waals surface area contributed by atoms with E-state index in [1.807, 2.05) is 13.8 Å². The second-order valence-corrected chi connectivity index (χ2v) is 7.25. The van der Waals surface area contributed by atoms with Crippen LogP contribution >= 0.6 is 23.4 Å². The number of benzene rings is 1. The molecule has 0 bridgehead atoms. The van der Waals surface area contributed by atoms with E-state index in [1.165, 1.54) is 17.8 Å². The Hall–Kier alpha value is -1.99. The quantitative estimate of drug-likeness (QED) is 0.556. The fourth-order valence-electron chi connectivity index (χ4n) is 2.31. The summed E-state index contributed by atoms with van der Waals surface area (Å²) < 4.78 is 2.14. The van der Waals surface area contributed by atoms with Crippen LogP contribution in [-0.2, 0) is 11.3 Å². The van der Waals surface area contributed by atoms with Gasteiger partial charge < -0.3 is 4.57 Å². The van der Waals surface area contributed by atoms with Crippen LogP contribution in [0.15, 0.2) is 29.4 Å². The smallest absolute Gasteiger partial charge is 0.269 e. The topological polar surface area (TPSA) is 76.0 Å². The summed E-state index contributed by atoms with van der Waals surface area (Å²) in [5.41, 5.74) is 7.28. The molecule has 140 valence electrons. The van der Waals surface area contributed by atoms with Gasteiger partial charge in [-0.15, -0.1) is 0 Å². The number of thioether (sulfide) groups is 1. The van der Waals surface area contributed by atoms with Crippen molar-refractivity contribution in [2.45, 2.75) is 45.3 Å². The molecule has 0 spiro atoms. The van der Waals surface area contributed by atoms with Crippen LogP contribution in [0, 0.1) is 13.8 Å². The number of aromatic nitrogens is 2. The molecule has 0 aliphatic rings. The summed E-state index contributed by atoms with van der Waals surface area (Å²) in [7, 11) is 0. The van der Waals surface area contributed by atoms with Gasteiger partial charge in [-0.25, -0.2) is 4.98 Å². The molecule has 0 atom stereocenters. The van der Waals surface area contributed by atoms with E-state index in [1.54, 1.807) is 18.2 Å². The second-order valence-electron chi connectivity index (χ2n) is 5.87. The molecule has 2 N–H and O–H groups in total. The molecular formula is C18H23ClN4O2S. The predicted octanol–water partition coefficient (Wildman–Crippen LogP) is 3.51. The van der Waals surface area contributed by atoms with Crippen LogP contribution in [0.2, 0.25) is 5.02 Å². The average molecular weight is 395 g/mol. The number of hydrogen-bond acceptors (Lipinski definition) is 4. The molecule has 8 heteroatoms. The van der Waals surface area contributed by atoms with Crippen molar-refractivity contribution in [3.8, 4) is 0 Å². The number of aryl methyl sites for hydroxylation is 1. The largest absolute Gasteiger partial charge is 0.323 e. The Morgan fingerprint density at radius 2 is 2.04 bits per heavy atom. The minimum Gasteiger partial charge on any atom is -0.323 e. The summed E-state index contributed by atoms with van der Waals surface area (Å²) in [5.74, 6) is -0.551. The zero-order valence-corrected chi connectivity index (χ0v) is 16.7. The molecule has 1 heterocycles. The van der Waals surface area contributed by atoms with Crippen molar-refractivity contribution in [1.82, 2.24) is 20.4 Å². The number of nitrogens with zero attached hydrogens (tertiary/aromatic N) is 2. The molecule has 1 aromatic heterocycles. The highest BCUT2D eigenvalue weighted by atomic mass is 35.5. The molecule has 0 aliphatic carbocycles. The SMILES string of the molecule is CCCCn1c(SCC(=O)NNC(=O)c2cccc(Cl)c2)nc(C)c1C. The third kappa shape index (κ3) is 5.51. The summed E-state index contributed by atoms with van der Waals surface area (Å²) in [6, 6.07) is 6.51. The lowest BCUT2D eigenvalue weighted by atomic mass is 10.2. The van der Waals surface area contributed by atoms with E-state index < -0.39 is 5.91 Å². The maximum Gasteiger partial charge on any atom is 0.269 e. The second kappa shape index (κ2) is 9.64. The predicted molar refractivity (Wildman–Crippen MR) is 104 cm³/mol. The van der Waals surface area contributed by atoms with E-state index in [0.29, 0.717) is 10.6 Å². The molecule has 0 saturated carbocycles. The first-order chi connectivity index (χ1) is 12.4. The number of carbonyl (C=O) groups is 2. The molecule has 0 fully saturated rings. The lowest BCUT2D eigenvalue weighted by Gasteiger charge is -2.10. The van der Waals surface area contributed by atoms with Crippen LogP contribution in [0.3, 0.4) is 0 Å². The Morgan fingerprint density at radius 1 is 1.27 bits per heavy atom. The van der Waals surface area contributed by atoms with Crippen LogP contribution in [0.1, 0.15) is 41.5 Å². The van der Waals surface area contributed by atoms with Crippen LogP contribution in [0.25, 0.3) is 0 Å². The van der Waals surface area contributed by atoms with E-state index in [9.17, 15) is 9.59 Å². The highest BCUT2D eigenvalue weighted by Crippen LogP contribution is 2.21. The summed E-state index contributed by atoms with van der Waals surface area (Å²) in [6.45, 7) is 7.03. The van der Waals surface area contributed by atoms with E-state index in [-0.39, 0.29) is 11.7 Å². The van der Waals surface area contributed by atoms with Gasteiger partial charge in [-0.05, 0) is 38.5 Å². The molecule has 2 rings (SSSR count). The van der Waals surface area contributed by atoms with E-state index in [4.69, 9.17) is 11.6 Å². The summed E-state index contributed by atoms with van der Waals surface area (Å²) in [5, 5.41) is 1.29. The molecule has 1 aromatic carbocycles. The monoisotopic (exact) mass is 394 g/mol. The number of unbranched alkanes of at least 4 members (excludes halogenated alkanes) is 1. The zero-order valence-electron chi connectivity index (χ0n) is 15.1. The lowest BCUT2D eigenvalue weighted by Crippen LogP contribution is -2.42. The van der Waals surface area contributed by atoms with Gasteiger partial charge in [0.1, 0.15) is 0 Å². The first kappa shape index (κ1) is 20.3. The van der Waals surface area contributed by atoms with Crippen molar-refractivity contribution in [3.63, 3.8) is 0 Å². The summed E-state index contributed by atoms with van der Waals surface area (Å²) >= 11 is 7.21. The molecule has 2 aromatic rings. The molecule has 0 aliphatic heterocycles. The standard InChI is InChI=1S/C18H23ClN4O2S/c1-4-5-9-23-13(3)12(2)20-18(23)26-11-16(24)21-22-17(25)14-7-6-8-15(19)10-14/h6-8,10H,4-5,9,11H2,1-3H3,(H,21,24)(H,22,25). The number of hydrazine groups is 1. The molecular weight excluding hydrogens is 372 g/mol. The van der Waals surface area contributed by atoms with Crippen LogP contribution in [-0.4, -0.2) is 27.1 Å². The van der Waals surface area contributed by atoms with Gasteiger partial charge in [-0.3, -0.25) is 20.4 Å². The van der Waals surface area contributed by atoms with Crippen molar-refractivity contribution >= 4 is 35.2 Å². The van der Waals surface area contributed by atoms with Crippen molar-refractivity contribution in [2.24, 2.45) is 0 Å². The molecule has 26 heavy (non-hydrogen) atoms. The molecule has 0 radical (unpaired) electrons. The van der Waals surface area contributed by atoms with Gasteiger partial charge >= 0.3 is 0 Å². The summed E-state index contributed by atoms with van der Waals surface area (Å²) in [4.78, 5) is 28.5. The van der Waals surface area contributed by atoms with E-state index in [0.717, 1.165) is 35.9 Å². The fourth-order valence-corrected chi connectivity index (χ4v) is 3.42. The van der Waals surface area contributed by atoms with Crippen LogP contribution in [0.4, 0.5) is 0 Å².